The van der Waals surface area contributed by atoms with Crippen LogP contribution < -0.4 is 4.74 Å². The lowest BCUT2D eigenvalue weighted by atomic mass is 10.3. The smallest absolute Gasteiger partial charge is 0.306 e. The Morgan fingerprint density at radius 2 is 2.12 bits per heavy atom. The van der Waals surface area contributed by atoms with Gasteiger partial charge < -0.3 is 14.9 Å². The van der Waals surface area contributed by atoms with Crippen molar-refractivity contribution in [3.05, 3.63) is 28.2 Å². The lowest BCUT2D eigenvalue weighted by Crippen LogP contribution is -2.21. The van der Waals surface area contributed by atoms with E-state index >= 15 is 0 Å². The Hall–Kier alpha value is -0.970. The summed E-state index contributed by atoms with van der Waals surface area (Å²) in [4.78, 5) is 10.3. The molecule has 0 bridgehead atoms. The zero-order chi connectivity index (χ0) is 12.1. The van der Waals surface area contributed by atoms with Crippen LogP contribution >= 0.6 is 23.2 Å². The summed E-state index contributed by atoms with van der Waals surface area (Å²) in [7, 11) is 0. The second kappa shape index (κ2) is 5.94. The molecule has 1 aromatic carbocycles. The van der Waals surface area contributed by atoms with E-state index in [-0.39, 0.29) is 13.0 Å². The van der Waals surface area contributed by atoms with E-state index in [2.05, 4.69) is 0 Å². The second-order valence-electron chi connectivity index (χ2n) is 3.14. The highest BCUT2D eigenvalue weighted by Crippen LogP contribution is 2.27. The van der Waals surface area contributed by atoms with E-state index in [1.807, 2.05) is 0 Å². The van der Waals surface area contributed by atoms with Gasteiger partial charge in [-0.25, -0.2) is 0 Å². The molecule has 0 aliphatic heterocycles. The summed E-state index contributed by atoms with van der Waals surface area (Å²) in [6.45, 7) is -0.146. The summed E-state index contributed by atoms with van der Waals surface area (Å²) >= 11 is 11.5. The average Bonchev–Trinajstić information content (AvgIpc) is 2.18. The van der Waals surface area contributed by atoms with E-state index in [1.165, 1.54) is 6.07 Å². The normalized spacial score (nSPS) is 12.2. The van der Waals surface area contributed by atoms with Crippen LogP contribution in [0.1, 0.15) is 6.42 Å². The number of hydrogen-bond donors (Lipinski definition) is 2. The van der Waals surface area contributed by atoms with Gasteiger partial charge in [0.15, 0.2) is 0 Å². The molecule has 0 amide bonds. The number of carboxylic acid groups (broad SMARTS) is 1. The number of aliphatic carboxylic acids is 1. The highest BCUT2D eigenvalue weighted by atomic mass is 35.5. The van der Waals surface area contributed by atoms with Crippen molar-refractivity contribution in [1.82, 2.24) is 0 Å². The SMILES string of the molecule is O=C(O)CC(O)COc1cc(Cl)ccc1Cl. The highest BCUT2D eigenvalue weighted by molar-refractivity contribution is 6.34. The first-order valence-corrected chi connectivity index (χ1v) is 5.22. The van der Waals surface area contributed by atoms with E-state index < -0.39 is 12.1 Å². The second-order valence-corrected chi connectivity index (χ2v) is 3.98. The summed E-state index contributed by atoms with van der Waals surface area (Å²) < 4.78 is 5.15. The lowest BCUT2D eigenvalue weighted by molar-refractivity contribution is -0.139. The number of hydrogen-bond acceptors (Lipinski definition) is 3. The van der Waals surface area contributed by atoms with Gasteiger partial charge in [0.25, 0.3) is 0 Å². The molecule has 16 heavy (non-hydrogen) atoms. The fourth-order valence-electron chi connectivity index (χ4n) is 1.03. The summed E-state index contributed by atoms with van der Waals surface area (Å²) in [5, 5.41) is 18.5. The molecule has 2 N–H and O–H groups in total. The fourth-order valence-corrected chi connectivity index (χ4v) is 1.37. The molecule has 6 heteroatoms. The first-order valence-electron chi connectivity index (χ1n) is 4.46. The van der Waals surface area contributed by atoms with Crippen LogP contribution in [0.15, 0.2) is 18.2 Å². The third-order valence-electron chi connectivity index (χ3n) is 1.73. The van der Waals surface area contributed by atoms with Gasteiger partial charge in [0.05, 0.1) is 17.5 Å². The Morgan fingerprint density at radius 3 is 2.75 bits per heavy atom. The van der Waals surface area contributed by atoms with Crippen LogP contribution in [0.3, 0.4) is 0 Å². The Labute approximate surface area is 102 Å². The van der Waals surface area contributed by atoms with Gasteiger partial charge in [0.2, 0.25) is 0 Å². The number of aliphatic hydroxyl groups excluding tert-OH is 1. The van der Waals surface area contributed by atoms with Gasteiger partial charge in [-0.15, -0.1) is 0 Å². The molecule has 1 atom stereocenters. The molecule has 1 unspecified atom stereocenters. The largest absolute Gasteiger partial charge is 0.489 e. The predicted molar refractivity (Wildman–Crippen MR) is 60.2 cm³/mol. The Kier molecular flexibility index (Phi) is 4.86. The molecule has 4 nitrogen and oxygen atoms in total. The third-order valence-corrected chi connectivity index (χ3v) is 2.28. The number of rotatable bonds is 5. The molecule has 0 aromatic heterocycles. The number of halogens is 2. The zero-order valence-corrected chi connectivity index (χ0v) is 9.70. The topological polar surface area (TPSA) is 66.8 Å². The standard InChI is InChI=1S/C10H10Cl2O4/c11-6-1-2-8(12)9(3-6)16-5-7(13)4-10(14)15/h1-3,7,13H,4-5H2,(H,14,15). The van der Waals surface area contributed by atoms with Crippen molar-refractivity contribution in [2.24, 2.45) is 0 Å². The molecule has 88 valence electrons. The maximum absolute atomic E-state index is 10.3. The van der Waals surface area contributed by atoms with Crippen molar-refractivity contribution in [2.45, 2.75) is 12.5 Å². The van der Waals surface area contributed by atoms with Gasteiger partial charge in [-0.2, -0.15) is 0 Å². The molecule has 0 heterocycles. The summed E-state index contributed by atoms with van der Waals surface area (Å²) in [5.74, 6) is -0.771. The van der Waals surface area contributed by atoms with Crippen LogP contribution in [0, 0.1) is 0 Å². The summed E-state index contributed by atoms with van der Waals surface area (Å²) in [6, 6.07) is 4.66. The minimum Gasteiger partial charge on any atom is -0.489 e. The molecule has 0 aliphatic rings. The molecular weight excluding hydrogens is 255 g/mol. The summed E-state index contributed by atoms with van der Waals surface area (Å²) in [5.41, 5.74) is 0. The fraction of sp³-hybridized carbons (Fsp3) is 0.300. The van der Waals surface area contributed by atoms with Crippen LogP contribution in [-0.2, 0) is 4.79 Å². The lowest BCUT2D eigenvalue weighted by Gasteiger charge is -2.11. The molecule has 0 fully saturated rings. The molecule has 0 radical (unpaired) electrons. The minimum atomic E-state index is -1.09. The Morgan fingerprint density at radius 1 is 1.44 bits per heavy atom. The first kappa shape index (κ1) is 13.1. The van der Waals surface area contributed by atoms with Crippen LogP contribution in [-0.4, -0.2) is 28.9 Å². The molecular formula is C10H10Cl2O4. The number of benzene rings is 1. The quantitative estimate of drug-likeness (QED) is 0.856. The van der Waals surface area contributed by atoms with E-state index in [0.29, 0.717) is 15.8 Å². The van der Waals surface area contributed by atoms with E-state index in [1.54, 1.807) is 12.1 Å². The maximum atomic E-state index is 10.3. The zero-order valence-electron chi connectivity index (χ0n) is 8.19. The first-order chi connectivity index (χ1) is 7.49. The Balaban J connectivity index is 2.54. The van der Waals surface area contributed by atoms with Gasteiger partial charge in [-0.05, 0) is 12.1 Å². The van der Waals surface area contributed by atoms with Crippen LogP contribution in [0.2, 0.25) is 10.0 Å². The summed E-state index contributed by atoms with van der Waals surface area (Å²) in [6.07, 6.45) is -1.45. The van der Waals surface area contributed by atoms with Crippen molar-refractivity contribution in [3.63, 3.8) is 0 Å². The monoisotopic (exact) mass is 264 g/mol. The van der Waals surface area contributed by atoms with Crippen LogP contribution in [0.5, 0.6) is 5.75 Å². The van der Waals surface area contributed by atoms with Crippen LogP contribution in [0.4, 0.5) is 0 Å². The van der Waals surface area contributed by atoms with Crippen molar-refractivity contribution in [1.29, 1.82) is 0 Å². The van der Waals surface area contributed by atoms with Crippen molar-refractivity contribution >= 4 is 29.2 Å². The van der Waals surface area contributed by atoms with E-state index in [4.69, 9.17) is 33.0 Å². The molecule has 0 saturated carbocycles. The predicted octanol–water partition coefficient (Wildman–Crippen LogP) is 2.21. The third kappa shape index (κ3) is 4.26. The van der Waals surface area contributed by atoms with Crippen molar-refractivity contribution in [3.8, 4) is 5.75 Å². The van der Waals surface area contributed by atoms with Crippen LogP contribution in [0.25, 0.3) is 0 Å². The van der Waals surface area contributed by atoms with Gasteiger partial charge in [0, 0.05) is 11.1 Å². The maximum Gasteiger partial charge on any atom is 0.306 e. The van der Waals surface area contributed by atoms with E-state index in [9.17, 15) is 9.90 Å². The number of ether oxygens (including phenoxy) is 1. The highest BCUT2D eigenvalue weighted by Gasteiger charge is 2.11. The Bertz CT molecular complexity index is 381. The molecule has 1 rings (SSSR count). The number of carboxylic acids is 1. The molecule has 0 spiro atoms. The van der Waals surface area contributed by atoms with Gasteiger partial charge in [-0.3, -0.25) is 4.79 Å². The van der Waals surface area contributed by atoms with Gasteiger partial charge in [-0.1, -0.05) is 23.2 Å². The number of carbonyl (C=O) groups is 1. The molecule has 1 aromatic rings. The number of aliphatic hydroxyl groups is 1. The van der Waals surface area contributed by atoms with Crippen molar-refractivity contribution in [2.75, 3.05) is 6.61 Å². The molecule has 0 saturated heterocycles. The van der Waals surface area contributed by atoms with Gasteiger partial charge >= 0.3 is 5.97 Å². The average molecular weight is 265 g/mol. The molecule has 0 aliphatic carbocycles. The van der Waals surface area contributed by atoms with E-state index in [0.717, 1.165) is 0 Å². The van der Waals surface area contributed by atoms with Gasteiger partial charge in [0.1, 0.15) is 12.4 Å². The van der Waals surface area contributed by atoms with Crippen molar-refractivity contribution < 1.29 is 19.7 Å². The minimum absolute atomic E-state index is 0.146.